The predicted molar refractivity (Wildman–Crippen MR) is 104 cm³/mol. The topological polar surface area (TPSA) is 74.5 Å². The maximum Gasteiger partial charge on any atom is 0.241 e. The molecule has 1 amide bonds. The average Bonchev–Trinajstić information content (AvgIpc) is 3.14. The molecular weight excluding hydrogens is 361 g/mol. The lowest BCUT2D eigenvalue weighted by molar-refractivity contribution is -0.126. The van der Waals surface area contributed by atoms with Gasteiger partial charge in [0.05, 0.1) is 12.5 Å². The van der Waals surface area contributed by atoms with Crippen molar-refractivity contribution in [3.8, 4) is 11.4 Å². The second-order valence-corrected chi connectivity index (χ2v) is 7.54. The monoisotopic (exact) mass is 389 g/mol. The minimum atomic E-state index is -0.299. The van der Waals surface area contributed by atoms with Gasteiger partial charge in [-0.05, 0) is 70.7 Å². The van der Waals surface area contributed by atoms with Crippen LogP contribution in [0.5, 0.6) is 0 Å². The molecule has 2 heterocycles. The zero-order valence-corrected chi connectivity index (χ0v) is 16.5. The summed E-state index contributed by atoms with van der Waals surface area (Å²) >= 11 is 0. The number of carbonyl (C=O) groups excluding carboxylic acids is 1. The molecule has 8 heteroatoms. The summed E-state index contributed by atoms with van der Waals surface area (Å²) < 4.78 is 18.4. The Morgan fingerprint density at radius 3 is 2.89 bits per heavy atom. The number of aromatic nitrogens is 2. The summed E-state index contributed by atoms with van der Waals surface area (Å²) in [7, 11) is 4.06. The molecule has 7 nitrogen and oxygen atoms in total. The first-order valence-corrected chi connectivity index (χ1v) is 9.74. The Morgan fingerprint density at radius 1 is 1.36 bits per heavy atom. The molecule has 0 bridgehead atoms. The normalized spacial score (nSPS) is 17.8. The van der Waals surface area contributed by atoms with Crippen molar-refractivity contribution in [3.63, 3.8) is 0 Å². The fourth-order valence-electron chi connectivity index (χ4n) is 3.39. The maximum absolute atomic E-state index is 13.0. The van der Waals surface area contributed by atoms with Crippen LogP contribution in [0.3, 0.4) is 0 Å². The Hall–Kier alpha value is -2.32. The van der Waals surface area contributed by atoms with Gasteiger partial charge >= 0.3 is 0 Å². The van der Waals surface area contributed by atoms with Gasteiger partial charge in [0.1, 0.15) is 5.82 Å². The number of amides is 1. The SMILES string of the molecule is CN(C)CCCNC(=O)C1CCCN(Cc2nc(-c3ccc(F)cc3)no2)C1. The first-order valence-electron chi connectivity index (χ1n) is 9.74. The van der Waals surface area contributed by atoms with Gasteiger partial charge < -0.3 is 14.7 Å². The van der Waals surface area contributed by atoms with Crippen LogP contribution in [0, 0.1) is 11.7 Å². The molecule has 2 aromatic rings. The Bertz CT molecular complexity index is 762. The molecule has 0 saturated carbocycles. The lowest BCUT2D eigenvalue weighted by atomic mass is 9.97. The molecule has 1 aliphatic rings. The summed E-state index contributed by atoms with van der Waals surface area (Å²) in [5.74, 6) is 0.772. The molecule has 3 rings (SSSR count). The number of piperidine rings is 1. The van der Waals surface area contributed by atoms with Crippen molar-refractivity contribution in [2.75, 3.05) is 40.3 Å². The molecule has 0 radical (unpaired) electrons. The average molecular weight is 389 g/mol. The van der Waals surface area contributed by atoms with Crippen LogP contribution in [-0.2, 0) is 11.3 Å². The van der Waals surface area contributed by atoms with Gasteiger partial charge in [-0.3, -0.25) is 9.69 Å². The zero-order valence-electron chi connectivity index (χ0n) is 16.5. The zero-order chi connectivity index (χ0) is 19.9. The highest BCUT2D eigenvalue weighted by Gasteiger charge is 2.26. The van der Waals surface area contributed by atoms with Crippen molar-refractivity contribution in [2.24, 2.45) is 5.92 Å². The highest BCUT2D eigenvalue weighted by Crippen LogP contribution is 2.20. The first-order chi connectivity index (χ1) is 13.5. The molecule has 1 atom stereocenters. The highest BCUT2D eigenvalue weighted by molar-refractivity contribution is 5.78. The standard InChI is InChI=1S/C20H28FN5O2/c1-25(2)11-4-10-22-20(27)16-5-3-12-26(13-16)14-18-23-19(24-28-18)15-6-8-17(21)9-7-15/h6-9,16H,3-5,10-14H2,1-2H3,(H,22,27). The van der Waals surface area contributed by atoms with Crippen molar-refractivity contribution in [1.29, 1.82) is 0 Å². The summed E-state index contributed by atoms with van der Waals surface area (Å²) in [6.45, 7) is 3.77. The highest BCUT2D eigenvalue weighted by atomic mass is 19.1. The number of benzene rings is 1. The van der Waals surface area contributed by atoms with Crippen molar-refractivity contribution in [2.45, 2.75) is 25.8 Å². The fourth-order valence-corrected chi connectivity index (χ4v) is 3.39. The third kappa shape index (κ3) is 5.84. The largest absolute Gasteiger partial charge is 0.356 e. The Kier molecular flexibility index (Phi) is 7.11. The van der Waals surface area contributed by atoms with Gasteiger partial charge in [-0.1, -0.05) is 5.16 Å². The van der Waals surface area contributed by atoms with Gasteiger partial charge in [0.15, 0.2) is 0 Å². The lowest BCUT2D eigenvalue weighted by Gasteiger charge is -2.30. The van der Waals surface area contributed by atoms with Crippen LogP contribution in [0.2, 0.25) is 0 Å². The van der Waals surface area contributed by atoms with Crippen LogP contribution in [0.4, 0.5) is 4.39 Å². The smallest absolute Gasteiger partial charge is 0.241 e. The van der Waals surface area contributed by atoms with Crippen LogP contribution < -0.4 is 5.32 Å². The van der Waals surface area contributed by atoms with Gasteiger partial charge in [-0.2, -0.15) is 4.98 Å². The summed E-state index contributed by atoms with van der Waals surface area (Å²) in [4.78, 5) is 21.1. The molecular formula is C20H28FN5O2. The number of halogens is 1. The third-order valence-corrected chi connectivity index (χ3v) is 4.89. The molecule has 152 valence electrons. The van der Waals surface area contributed by atoms with Gasteiger partial charge in [0.25, 0.3) is 0 Å². The maximum atomic E-state index is 13.0. The molecule has 28 heavy (non-hydrogen) atoms. The molecule has 1 saturated heterocycles. The van der Waals surface area contributed by atoms with Gasteiger partial charge in [0.2, 0.25) is 17.6 Å². The van der Waals surface area contributed by atoms with Crippen LogP contribution >= 0.6 is 0 Å². The van der Waals surface area contributed by atoms with Crippen molar-refractivity contribution in [1.82, 2.24) is 25.3 Å². The molecule has 1 N–H and O–H groups in total. The third-order valence-electron chi connectivity index (χ3n) is 4.89. The van der Waals surface area contributed by atoms with E-state index in [9.17, 15) is 9.18 Å². The van der Waals surface area contributed by atoms with E-state index in [0.717, 1.165) is 32.4 Å². The predicted octanol–water partition coefficient (Wildman–Crippen LogP) is 2.16. The molecule has 1 aromatic heterocycles. The second-order valence-electron chi connectivity index (χ2n) is 7.54. The van der Waals surface area contributed by atoms with E-state index < -0.39 is 0 Å². The Balaban J connectivity index is 1.49. The summed E-state index contributed by atoms with van der Waals surface area (Å²) in [5.41, 5.74) is 0.713. The van der Waals surface area contributed by atoms with Crippen LogP contribution in [0.1, 0.15) is 25.2 Å². The number of nitrogens with zero attached hydrogens (tertiary/aromatic N) is 4. The lowest BCUT2D eigenvalue weighted by Crippen LogP contribution is -2.43. The summed E-state index contributed by atoms with van der Waals surface area (Å²) in [5, 5.41) is 7.03. The number of likely N-dealkylation sites (tertiary alicyclic amines) is 1. The quantitative estimate of drug-likeness (QED) is 0.698. The van der Waals surface area contributed by atoms with E-state index >= 15 is 0 Å². The molecule has 0 aliphatic carbocycles. The summed E-state index contributed by atoms with van der Waals surface area (Å²) in [6.07, 6.45) is 2.82. The van der Waals surface area contributed by atoms with Crippen molar-refractivity contribution < 1.29 is 13.7 Å². The number of nitrogens with one attached hydrogen (secondary N) is 1. The first kappa shape index (κ1) is 20.4. The Morgan fingerprint density at radius 2 is 2.14 bits per heavy atom. The molecule has 1 aliphatic heterocycles. The molecule has 0 spiro atoms. The number of carbonyl (C=O) groups is 1. The van der Waals surface area contributed by atoms with E-state index in [1.54, 1.807) is 12.1 Å². The Labute approximate surface area is 164 Å². The number of hydrogen-bond donors (Lipinski definition) is 1. The van der Waals surface area contributed by atoms with E-state index in [1.165, 1.54) is 12.1 Å². The van der Waals surface area contributed by atoms with Crippen molar-refractivity contribution >= 4 is 5.91 Å². The van der Waals surface area contributed by atoms with Crippen LogP contribution in [0.25, 0.3) is 11.4 Å². The van der Waals surface area contributed by atoms with E-state index in [1.807, 2.05) is 14.1 Å². The van der Waals surface area contributed by atoms with E-state index in [4.69, 9.17) is 4.52 Å². The van der Waals surface area contributed by atoms with Crippen molar-refractivity contribution in [3.05, 3.63) is 36.0 Å². The van der Waals surface area contributed by atoms with Crippen LogP contribution in [-0.4, -0.2) is 66.1 Å². The molecule has 1 aromatic carbocycles. The second kappa shape index (κ2) is 9.75. The fraction of sp³-hybridized carbons (Fsp3) is 0.550. The minimum Gasteiger partial charge on any atom is -0.356 e. The van der Waals surface area contributed by atoms with E-state index in [0.29, 0.717) is 36.9 Å². The summed E-state index contributed by atoms with van der Waals surface area (Å²) in [6, 6.07) is 6.00. The number of rotatable bonds is 8. The van der Waals surface area contributed by atoms with Crippen LogP contribution in [0.15, 0.2) is 28.8 Å². The van der Waals surface area contributed by atoms with E-state index in [-0.39, 0.29) is 17.6 Å². The van der Waals surface area contributed by atoms with E-state index in [2.05, 4.69) is 25.3 Å². The molecule has 1 fully saturated rings. The molecule has 1 unspecified atom stereocenters. The van der Waals surface area contributed by atoms with Gasteiger partial charge in [-0.15, -0.1) is 0 Å². The van der Waals surface area contributed by atoms with Gasteiger partial charge in [-0.25, -0.2) is 4.39 Å². The minimum absolute atomic E-state index is 0.00686. The number of hydrogen-bond acceptors (Lipinski definition) is 6. The van der Waals surface area contributed by atoms with Gasteiger partial charge in [0, 0.05) is 18.7 Å².